The Morgan fingerprint density at radius 2 is 2.20 bits per heavy atom. The largest absolute Gasteiger partial charge is 0.401 e. The van der Waals surface area contributed by atoms with Crippen LogP contribution in [0.3, 0.4) is 0 Å². The average Bonchev–Trinajstić information content (AvgIpc) is 2.15. The molecule has 1 aliphatic rings. The zero-order valence-corrected chi connectivity index (χ0v) is 8.35. The van der Waals surface area contributed by atoms with Crippen molar-refractivity contribution in [2.24, 2.45) is 0 Å². The van der Waals surface area contributed by atoms with Gasteiger partial charge in [-0.15, -0.1) is 0 Å². The standard InChI is InChI=1S/C9H14F3N3/c10-9(11,12)7-14-8-2-1-4-15(6-8)5-3-13/h8,14H,1-2,4-7H2. The fourth-order valence-electron chi connectivity index (χ4n) is 1.73. The Bertz CT molecular complexity index is 234. The second kappa shape index (κ2) is 5.33. The summed E-state index contributed by atoms with van der Waals surface area (Å²) in [5.41, 5.74) is 0. The highest BCUT2D eigenvalue weighted by molar-refractivity contribution is 4.84. The van der Waals surface area contributed by atoms with Crippen LogP contribution in [-0.4, -0.2) is 43.3 Å². The van der Waals surface area contributed by atoms with Crippen molar-refractivity contribution >= 4 is 0 Å². The van der Waals surface area contributed by atoms with Crippen LogP contribution in [0.4, 0.5) is 13.2 Å². The topological polar surface area (TPSA) is 39.1 Å². The molecule has 0 amide bonds. The SMILES string of the molecule is N#CCN1CCCC(NCC(F)(F)F)C1. The molecule has 3 nitrogen and oxygen atoms in total. The number of alkyl halides is 3. The smallest absolute Gasteiger partial charge is 0.305 e. The summed E-state index contributed by atoms with van der Waals surface area (Å²) in [6.45, 7) is 0.684. The summed E-state index contributed by atoms with van der Waals surface area (Å²) in [4.78, 5) is 1.87. The highest BCUT2D eigenvalue weighted by atomic mass is 19.4. The maximum Gasteiger partial charge on any atom is 0.401 e. The van der Waals surface area contributed by atoms with Gasteiger partial charge in [-0.1, -0.05) is 0 Å². The van der Waals surface area contributed by atoms with Crippen LogP contribution in [-0.2, 0) is 0 Å². The van der Waals surface area contributed by atoms with Gasteiger partial charge < -0.3 is 5.32 Å². The number of rotatable bonds is 3. The highest BCUT2D eigenvalue weighted by Crippen LogP contribution is 2.15. The minimum Gasteiger partial charge on any atom is -0.305 e. The van der Waals surface area contributed by atoms with Gasteiger partial charge in [0.1, 0.15) is 0 Å². The maximum absolute atomic E-state index is 11.9. The first-order chi connectivity index (χ1) is 7.01. The number of piperidine rings is 1. The van der Waals surface area contributed by atoms with E-state index >= 15 is 0 Å². The summed E-state index contributed by atoms with van der Waals surface area (Å²) in [7, 11) is 0. The van der Waals surface area contributed by atoms with Crippen LogP contribution < -0.4 is 5.32 Å². The van der Waals surface area contributed by atoms with Crippen LogP contribution in [0.15, 0.2) is 0 Å². The van der Waals surface area contributed by atoms with E-state index in [-0.39, 0.29) is 6.04 Å². The van der Waals surface area contributed by atoms with Gasteiger partial charge in [0.05, 0.1) is 19.2 Å². The number of nitrogens with one attached hydrogen (secondary N) is 1. The minimum absolute atomic E-state index is 0.145. The molecule has 0 bridgehead atoms. The van der Waals surface area contributed by atoms with E-state index in [1.54, 1.807) is 0 Å². The van der Waals surface area contributed by atoms with Gasteiger partial charge in [-0.25, -0.2) is 0 Å². The van der Waals surface area contributed by atoms with E-state index in [4.69, 9.17) is 5.26 Å². The molecule has 6 heteroatoms. The lowest BCUT2D eigenvalue weighted by Crippen LogP contribution is -2.48. The van der Waals surface area contributed by atoms with Gasteiger partial charge in [0.15, 0.2) is 0 Å². The summed E-state index contributed by atoms with van der Waals surface area (Å²) in [6.07, 6.45) is -2.56. The fraction of sp³-hybridized carbons (Fsp3) is 0.889. The van der Waals surface area contributed by atoms with Crippen LogP contribution in [0.5, 0.6) is 0 Å². The Balaban J connectivity index is 2.28. The van der Waals surface area contributed by atoms with Crippen molar-refractivity contribution in [3.8, 4) is 6.07 Å². The zero-order chi connectivity index (χ0) is 11.3. The van der Waals surface area contributed by atoms with Gasteiger partial charge in [-0.2, -0.15) is 18.4 Å². The van der Waals surface area contributed by atoms with Crippen molar-refractivity contribution in [2.45, 2.75) is 25.1 Å². The molecule has 1 N–H and O–H groups in total. The lowest BCUT2D eigenvalue weighted by Gasteiger charge is -2.31. The van der Waals surface area contributed by atoms with Crippen LogP contribution >= 0.6 is 0 Å². The van der Waals surface area contributed by atoms with E-state index in [0.29, 0.717) is 13.1 Å². The van der Waals surface area contributed by atoms with Gasteiger partial charge >= 0.3 is 6.18 Å². The zero-order valence-electron chi connectivity index (χ0n) is 8.35. The molecule has 1 fully saturated rings. The van der Waals surface area contributed by atoms with Crippen molar-refractivity contribution in [1.82, 2.24) is 10.2 Å². The van der Waals surface area contributed by atoms with Gasteiger partial charge in [-0.3, -0.25) is 4.90 Å². The monoisotopic (exact) mass is 221 g/mol. The number of halogens is 3. The molecule has 0 aromatic carbocycles. The van der Waals surface area contributed by atoms with E-state index in [1.807, 2.05) is 11.0 Å². The lowest BCUT2D eigenvalue weighted by molar-refractivity contribution is -0.126. The first-order valence-electron chi connectivity index (χ1n) is 4.91. The Labute approximate surface area is 86.9 Å². The maximum atomic E-state index is 11.9. The summed E-state index contributed by atoms with van der Waals surface area (Å²) < 4.78 is 35.8. The molecular formula is C9H14F3N3. The molecule has 86 valence electrons. The molecule has 0 spiro atoms. The number of nitriles is 1. The summed E-state index contributed by atoms with van der Waals surface area (Å²) in [6, 6.07) is 1.86. The fourth-order valence-corrected chi connectivity index (χ4v) is 1.73. The quantitative estimate of drug-likeness (QED) is 0.726. The second-order valence-corrected chi connectivity index (χ2v) is 3.73. The molecule has 1 unspecified atom stereocenters. The van der Waals surface area contributed by atoms with Crippen LogP contribution in [0, 0.1) is 11.3 Å². The molecule has 0 aromatic heterocycles. The molecule has 0 saturated carbocycles. The van der Waals surface area contributed by atoms with Crippen LogP contribution in [0.25, 0.3) is 0 Å². The van der Waals surface area contributed by atoms with E-state index in [2.05, 4.69) is 5.32 Å². The third-order valence-corrected chi connectivity index (χ3v) is 2.39. The lowest BCUT2D eigenvalue weighted by atomic mass is 10.1. The molecular weight excluding hydrogens is 207 g/mol. The minimum atomic E-state index is -4.16. The Morgan fingerprint density at radius 3 is 2.80 bits per heavy atom. The van der Waals surface area contributed by atoms with Crippen molar-refractivity contribution < 1.29 is 13.2 Å². The van der Waals surface area contributed by atoms with Crippen molar-refractivity contribution in [3.05, 3.63) is 0 Å². The number of hydrogen-bond acceptors (Lipinski definition) is 3. The van der Waals surface area contributed by atoms with E-state index in [1.165, 1.54) is 0 Å². The van der Waals surface area contributed by atoms with Gasteiger partial charge in [0, 0.05) is 12.6 Å². The van der Waals surface area contributed by atoms with E-state index in [0.717, 1.165) is 19.4 Å². The third kappa shape index (κ3) is 5.00. The first kappa shape index (κ1) is 12.3. The van der Waals surface area contributed by atoms with Crippen LogP contribution in [0.1, 0.15) is 12.8 Å². The van der Waals surface area contributed by atoms with Crippen molar-refractivity contribution in [2.75, 3.05) is 26.2 Å². The number of hydrogen-bond donors (Lipinski definition) is 1. The molecule has 1 heterocycles. The third-order valence-electron chi connectivity index (χ3n) is 2.39. The first-order valence-corrected chi connectivity index (χ1v) is 4.91. The molecule has 1 saturated heterocycles. The van der Waals surface area contributed by atoms with Crippen LogP contribution in [0.2, 0.25) is 0 Å². The molecule has 1 atom stereocenters. The molecule has 1 aliphatic heterocycles. The molecule has 15 heavy (non-hydrogen) atoms. The van der Waals surface area contributed by atoms with Crippen molar-refractivity contribution in [1.29, 1.82) is 5.26 Å². The summed E-state index contributed by atoms with van der Waals surface area (Å²) in [5.74, 6) is 0. The molecule has 0 aromatic rings. The Hall–Kier alpha value is -0.800. The molecule has 0 aliphatic carbocycles. The number of nitrogens with zero attached hydrogens (tertiary/aromatic N) is 2. The van der Waals surface area contributed by atoms with Gasteiger partial charge in [0.2, 0.25) is 0 Å². The van der Waals surface area contributed by atoms with E-state index < -0.39 is 12.7 Å². The highest BCUT2D eigenvalue weighted by Gasteiger charge is 2.29. The van der Waals surface area contributed by atoms with E-state index in [9.17, 15) is 13.2 Å². The molecule has 1 rings (SSSR count). The van der Waals surface area contributed by atoms with Gasteiger partial charge in [-0.05, 0) is 19.4 Å². The summed E-state index contributed by atoms with van der Waals surface area (Å²) >= 11 is 0. The second-order valence-electron chi connectivity index (χ2n) is 3.73. The molecule has 0 radical (unpaired) electrons. The summed E-state index contributed by atoms with van der Waals surface area (Å²) in [5, 5.41) is 10.9. The predicted octanol–water partition coefficient (Wildman–Crippen LogP) is 1.13. The number of likely N-dealkylation sites (tertiary alicyclic amines) is 1. The Kier molecular flexibility index (Phi) is 4.36. The predicted molar refractivity (Wildman–Crippen MR) is 49.1 cm³/mol. The normalized spacial score (nSPS) is 23.7. The van der Waals surface area contributed by atoms with Crippen molar-refractivity contribution in [3.63, 3.8) is 0 Å². The average molecular weight is 221 g/mol. The Morgan fingerprint density at radius 1 is 1.47 bits per heavy atom. The van der Waals surface area contributed by atoms with Gasteiger partial charge in [0.25, 0.3) is 0 Å².